The molecule has 0 aliphatic heterocycles. The van der Waals surface area contributed by atoms with Crippen LogP contribution in [0.3, 0.4) is 0 Å². The number of nitrogens with zero attached hydrogens (tertiary/aromatic N) is 2. The maximum Gasteiger partial charge on any atom is 0.144 e. The quantitative estimate of drug-likeness (QED) is 0.815. The summed E-state index contributed by atoms with van der Waals surface area (Å²) in [6.45, 7) is 2.88. The first-order chi connectivity index (χ1) is 8.69. The minimum atomic E-state index is 0.167. The SMILES string of the molecule is CCn1ccnc1CC(=O)Cc1ccc(N)cc1. The summed E-state index contributed by atoms with van der Waals surface area (Å²) in [5, 5.41) is 0. The Bertz CT molecular complexity index is 528. The molecule has 0 saturated carbocycles. The second-order valence-corrected chi connectivity index (χ2v) is 4.26. The molecule has 2 aromatic rings. The zero-order chi connectivity index (χ0) is 13.0. The second kappa shape index (κ2) is 5.49. The maximum atomic E-state index is 11.9. The lowest BCUT2D eigenvalue weighted by Gasteiger charge is -2.04. The van der Waals surface area contributed by atoms with Gasteiger partial charge in [0.05, 0.1) is 6.42 Å². The molecule has 1 heterocycles. The number of aryl methyl sites for hydroxylation is 1. The molecule has 0 fully saturated rings. The van der Waals surface area contributed by atoms with Crippen molar-refractivity contribution in [3.8, 4) is 0 Å². The van der Waals surface area contributed by atoms with Crippen LogP contribution in [-0.2, 0) is 24.2 Å². The van der Waals surface area contributed by atoms with Crippen LogP contribution in [0.1, 0.15) is 18.3 Å². The third kappa shape index (κ3) is 2.97. The molecule has 0 bridgehead atoms. The van der Waals surface area contributed by atoms with Crippen LogP contribution < -0.4 is 5.73 Å². The van der Waals surface area contributed by atoms with Gasteiger partial charge in [0.1, 0.15) is 11.6 Å². The monoisotopic (exact) mass is 243 g/mol. The van der Waals surface area contributed by atoms with Crippen LogP contribution in [0.15, 0.2) is 36.7 Å². The first-order valence-electron chi connectivity index (χ1n) is 6.05. The number of rotatable bonds is 5. The summed E-state index contributed by atoms with van der Waals surface area (Å²) in [6, 6.07) is 7.41. The largest absolute Gasteiger partial charge is 0.399 e. The zero-order valence-electron chi connectivity index (χ0n) is 10.5. The molecular weight excluding hydrogens is 226 g/mol. The van der Waals surface area contributed by atoms with Crippen LogP contribution in [0.4, 0.5) is 5.69 Å². The van der Waals surface area contributed by atoms with Crippen LogP contribution in [-0.4, -0.2) is 15.3 Å². The summed E-state index contributed by atoms with van der Waals surface area (Å²) >= 11 is 0. The number of carbonyl (C=O) groups excluding carboxylic acids is 1. The standard InChI is InChI=1S/C14H17N3O/c1-2-17-8-7-16-14(17)10-13(18)9-11-3-5-12(15)6-4-11/h3-8H,2,9-10,15H2,1H3. The van der Waals surface area contributed by atoms with Gasteiger partial charge in [-0.1, -0.05) is 12.1 Å². The predicted molar refractivity (Wildman–Crippen MR) is 71.2 cm³/mol. The van der Waals surface area contributed by atoms with Crippen molar-refractivity contribution in [1.29, 1.82) is 0 Å². The van der Waals surface area contributed by atoms with Crippen molar-refractivity contribution in [2.45, 2.75) is 26.3 Å². The molecule has 1 aromatic heterocycles. The number of ketones is 1. The Balaban J connectivity index is 1.99. The number of benzene rings is 1. The highest BCUT2D eigenvalue weighted by molar-refractivity contribution is 5.82. The second-order valence-electron chi connectivity index (χ2n) is 4.26. The minimum absolute atomic E-state index is 0.167. The number of imidazole rings is 1. The summed E-state index contributed by atoms with van der Waals surface area (Å²) < 4.78 is 1.99. The van der Waals surface area contributed by atoms with E-state index in [1.165, 1.54) is 0 Å². The topological polar surface area (TPSA) is 60.9 Å². The molecule has 18 heavy (non-hydrogen) atoms. The van der Waals surface area contributed by atoms with E-state index in [1.54, 1.807) is 6.20 Å². The predicted octanol–water partition coefficient (Wildman–Crippen LogP) is 1.84. The highest BCUT2D eigenvalue weighted by Crippen LogP contribution is 2.08. The Hall–Kier alpha value is -2.10. The van der Waals surface area contributed by atoms with Crippen molar-refractivity contribution in [2.75, 3.05) is 5.73 Å². The van der Waals surface area contributed by atoms with E-state index in [-0.39, 0.29) is 5.78 Å². The molecule has 1 aromatic carbocycles. The number of aromatic nitrogens is 2. The van der Waals surface area contributed by atoms with Gasteiger partial charge in [0.25, 0.3) is 0 Å². The molecule has 0 radical (unpaired) electrons. The fourth-order valence-electron chi connectivity index (χ4n) is 1.90. The molecule has 0 aliphatic rings. The van der Waals surface area contributed by atoms with Gasteiger partial charge in [-0.3, -0.25) is 4.79 Å². The molecular formula is C14H17N3O. The smallest absolute Gasteiger partial charge is 0.144 e. The van der Waals surface area contributed by atoms with Crippen molar-refractivity contribution < 1.29 is 4.79 Å². The number of carbonyl (C=O) groups is 1. The Kier molecular flexibility index (Phi) is 3.77. The number of hydrogen-bond donors (Lipinski definition) is 1. The molecule has 0 unspecified atom stereocenters. The summed E-state index contributed by atoms with van der Waals surface area (Å²) in [4.78, 5) is 16.2. The van der Waals surface area contributed by atoms with Gasteiger partial charge >= 0.3 is 0 Å². The van der Waals surface area contributed by atoms with Crippen LogP contribution in [0.5, 0.6) is 0 Å². The van der Waals surface area contributed by atoms with Crippen molar-refractivity contribution in [1.82, 2.24) is 9.55 Å². The van der Waals surface area contributed by atoms with E-state index in [2.05, 4.69) is 4.98 Å². The van der Waals surface area contributed by atoms with Gasteiger partial charge < -0.3 is 10.3 Å². The lowest BCUT2D eigenvalue weighted by atomic mass is 10.1. The van der Waals surface area contributed by atoms with E-state index in [9.17, 15) is 4.79 Å². The van der Waals surface area contributed by atoms with Gasteiger partial charge in [-0.15, -0.1) is 0 Å². The molecule has 0 saturated heterocycles. The number of Topliss-reactive ketones (excluding diaryl/α,β-unsaturated/α-hetero) is 1. The number of nitrogens with two attached hydrogens (primary N) is 1. The highest BCUT2D eigenvalue weighted by atomic mass is 16.1. The van der Waals surface area contributed by atoms with Crippen LogP contribution in [0, 0.1) is 0 Å². The molecule has 0 aliphatic carbocycles. The van der Waals surface area contributed by atoms with Gasteiger partial charge in [0, 0.05) is 31.0 Å². The molecule has 4 nitrogen and oxygen atoms in total. The number of anilines is 1. The lowest BCUT2D eigenvalue weighted by Crippen LogP contribution is -2.11. The van der Waals surface area contributed by atoms with Gasteiger partial charge in [-0.05, 0) is 24.6 Å². The molecule has 2 rings (SSSR count). The third-order valence-electron chi connectivity index (χ3n) is 2.88. The maximum absolute atomic E-state index is 11.9. The van der Waals surface area contributed by atoms with Crippen molar-refractivity contribution in [3.05, 3.63) is 48.0 Å². The van der Waals surface area contributed by atoms with Gasteiger partial charge in [0.2, 0.25) is 0 Å². The van der Waals surface area contributed by atoms with Crippen LogP contribution in [0.25, 0.3) is 0 Å². The van der Waals surface area contributed by atoms with Gasteiger partial charge in [-0.2, -0.15) is 0 Å². The molecule has 0 atom stereocenters. The Morgan fingerprint density at radius 2 is 2.00 bits per heavy atom. The van der Waals surface area contributed by atoms with Gasteiger partial charge in [-0.25, -0.2) is 4.98 Å². The van der Waals surface area contributed by atoms with E-state index < -0.39 is 0 Å². The first-order valence-corrected chi connectivity index (χ1v) is 6.05. The van der Waals surface area contributed by atoms with E-state index in [0.717, 1.165) is 17.9 Å². The highest BCUT2D eigenvalue weighted by Gasteiger charge is 2.09. The Morgan fingerprint density at radius 1 is 1.28 bits per heavy atom. The fourth-order valence-corrected chi connectivity index (χ4v) is 1.90. The Morgan fingerprint density at radius 3 is 2.67 bits per heavy atom. The van der Waals surface area contributed by atoms with E-state index in [0.29, 0.717) is 18.5 Å². The third-order valence-corrected chi connectivity index (χ3v) is 2.88. The van der Waals surface area contributed by atoms with Crippen molar-refractivity contribution in [3.63, 3.8) is 0 Å². The number of hydrogen-bond acceptors (Lipinski definition) is 3. The van der Waals surface area contributed by atoms with Crippen LogP contribution in [0.2, 0.25) is 0 Å². The van der Waals surface area contributed by atoms with Crippen LogP contribution >= 0.6 is 0 Å². The van der Waals surface area contributed by atoms with Crippen molar-refractivity contribution in [2.24, 2.45) is 0 Å². The lowest BCUT2D eigenvalue weighted by molar-refractivity contribution is -0.117. The molecule has 4 heteroatoms. The summed E-state index contributed by atoms with van der Waals surface area (Å²) in [5.41, 5.74) is 7.31. The zero-order valence-corrected chi connectivity index (χ0v) is 10.5. The molecule has 0 spiro atoms. The number of nitrogen functional groups attached to an aromatic ring is 1. The normalized spacial score (nSPS) is 10.5. The van der Waals surface area contributed by atoms with E-state index in [1.807, 2.05) is 42.0 Å². The average Bonchev–Trinajstić information content (AvgIpc) is 2.79. The Labute approximate surface area is 106 Å². The molecule has 94 valence electrons. The summed E-state index contributed by atoms with van der Waals surface area (Å²) in [6.07, 6.45) is 4.43. The average molecular weight is 243 g/mol. The summed E-state index contributed by atoms with van der Waals surface area (Å²) in [7, 11) is 0. The van der Waals surface area contributed by atoms with Gasteiger partial charge in [0.15, 0.2) is 0 Å². The molecule has 2 N–H and O–H groups in total. The van der Waals surface area contributed by atoms with E-state index >= 15 is 0 Å². The van der Waals surface area contributed by atoms with Crippen molar-refractivity contribution >= 4 is 11.5 Å². The first kappa shape index (κ1) is 12.4. The summed E-state index contributed by atoms with van der Waals surface area (Å²) in [5.74, 6) is 0.999. The molecule has 0 amide bonds. The minimum Gasteiger partial charge on any atom is -0.399 e. The fraction of sp³-hybridized carbons (Fsp3) is 0.286. The van der Waals surface area contributed by atoms with E-state index in [4.69, 9.17) is 5.73 Å².